The van der Waals surface area contributed by atoms with Crippen LogP contribution in [0.4, 0.5) is 8.78 Å². The smallest absolute Gasteiger partial charge is 0.326 e. The molecule has 1 amide bonds. The van der Waals surface area contributed by atoms with Crippen LogP contribution in [0, 0.1) is 11.6 Å². The van der Waals surface area contributed by atoms with Gasteiger partial charge in [0.2, 0.25) is 0 Å². The third-order valence-corrected chi connectivity index (χ3v) is 2.33. The maximum Gasteiger partial charge on any atom is 0.326 e. The lowest BCUT2D eigenvalue weighted by molar-refractivity contribution is -0.139. The van der Waals surface area contributed by atoms with Gasteiger partial charge < -0.3 is 10.4 Å². The number of carboxylic acids is 1. The lowest BCUT2D eigenvalue weighted by atomic mass is 10.1. The fraction of sp³-hybridized carbons (Fsp3) is 0.231. The quantitative estimate of drug-likeness (QED) is 0.804. The van der Waals surface area contributed by atoms with Crippen molar-refractivity contribution in [2.75, 3.05) is 0 Å². The van der Waals surface area contributed by atoms with Gasteiger partial charge in [-0.2, -0.15) is 0 Å². The van der Waals surface area contributed by atoms with E-state index in [9.17, 15) is 18.4 Å². The van der Waals surface area contributed by atoms with Crippen molar-refractivity contribution < 1.29 is 23.5 Å². The Bertz CT molecular complexity index is 529. The molecule has 0 saturated heterocycles. The molecule has 0 radical (unpaired) electrons. The average Bonchev–Trinajstić information content (AvgIpc) is 2.26. The predicted octanol–water partition coefficient (Wildman–Crippen LogP) is 2.11. The van der Waals surface area contributed by atoms with E-state index >= 15 is 0 Å². The van der Waals surface area contributed by atoms with Gasteiger partial charge in [0.1, 0.15) is 17.7 Å². The number of rotatable bonds is 5. The number of amides is 1. The molecule has 19 heavy (non-hydrogen) atoms. The van der Waals surface area contributed by atoms with Crippen molar-refractivity contribution in [3.63, 3.8) is 0 Å². The minimum absolute atomic E-state index is 0.0316. The highest BCUT2D eigenvalue weighted by Crippen LogP contribution is 2.11. The van der Waals surface area contributed by atoms with E-state index in [-0.39, 0.29) is 6.42 Å². The van der Waals surface area contributed by atoms with Crippen molar-refractivity contribution in [3.05, 3.63) is 47.5 Å². The first kappa shape index (κ1) is 14.8. The number of aliphatic carboxylic acids is 1. The molecule has 0 heterocycles. The molecule has 1 aromatic rings. The van der Waals surface area contributed by atoms with Crippen molar-refractivity contribution in [1.29, 1.82) is 0 Å². The van der Waals surface area contributed by atoms with Crippen LogP contribution >= 0.6 is 0 Å². The zero-order chi connectivity index (χ0) is 14.6. The summed E-state index contributed by atoms with van der Waals surface area (Å²) in [5, 5.41) is 11.1. The molecule has 102 valence electrons. The summed E-state index contributed by atoms with van der Waals surface area (Å²) >= 11 is 0. The number of carboxylic acid groups (broad SMARTS) is 1. The van der Waals surface area contributed by atoms with Crippen molar-refractivity contribution in [2.24, 2.45) is 0 Å². The first-order valence-corrected chi connectivity index (χ1v) is 5.44. The molecule has 0 aliphatic rings. The molecule has 0 aromatic heterocycles. The molecule has 1 atom stereocenters. The van der Waals surface area contributed by atoms with Gasteiger partial charge in [0, 0.05) is 6.07 Å². The molecular weight excluding hydrogens is 256 g/mol. The van der Waals surface area contributed by atoms with Crippen LogP contribution in [-0.4, -0.2) is 23.0 Å². The Balaban J connectivity index is 2.87. The summed E-state index contributed by atoms with van der Waals surface area (Å²) in [6, 6.07) is 1.24. The van der Waals surface area contributed by atoms with Crippen molar-refractivity contribution >= 4 is 11.9 Å². The Kier molecular flexibility index (Phi) is 4.74. The monoisotopic (exact) mass is 269 g/mol. The SMILES string of the molecule is C=C(C)C[C@@H](NC(=O)c1ccc(F)cc1F)C(=O)O. The normalized spacial score (nSPS) is 11.7. The molecule has 0 fully saturated rings. The van der Waals surface area contributed by atoms with Gasteiger partial charge in [-0.25, -0.2) is 13.6 Å². The molecule has 2 N–H and O–H groups in total. The molecule has 0 aliphatic carbocycles. The van der Waals surface area contributed by atoms with Crippen LogP contribution in [0.25, 0.3) is 0 Å². The van der Waals surface area contributed by atoms with E-state index in [0.29, 0.717) is 11.6 Å². The van der Waals surface area contributed by atoms with Gasteiger partial charge in [-0.15, -0.1) is 6.58 Å². The Hall–Kier alpha value is -2.24. The zero-order valence-corrected chi connectivity index (χ0v) is 10.2. The Labute approximate surface area is 108 Å². The minimum atomic E-state index is -1.25. The second kappa shape index (κ2) is 6.08. The van der Waals surface area contributed by atoms with Gasteiger partial charge in [0.05, 0.1) is 5.56 Å². The zero-order valence-electron chi connectivity index (χ0n) is 10.2. The summed E-state index contributed by atoms with van der Waals surface area (Å²) in [6.45, 7) is 5.16. The summed E-state index contributed by atoms with van der Waals surface area (Å²) in [6.07, 6.45) is 0.0316. The van der Waals surface area contributed by atoms with Crippen LogP contribution in [0.3, 0.4) is 0 Å². The molecule has 1 aromatic carbocycles. The number of carbonyl (C=O) groups excluding carboxylic acids is 1. The fourth-order valence-corrected chi connectivity index (χ4v) is 1.46. The Morgan fingerprint density at radius 1 is 1.42 bits per heavy atom. The second-order valence-corrected chi connectivity index (χ2v) is 4.15. The van der Waals surface area contributed by atoms with E-state index in [2.05, 4.69) is 11.9 Å². The largest absolute Gasteiger partial charge is 0.480 e. The molecule has 0 saturated carbocycles. The standard InChI is InChI=1S/C13H13F2NO3/c1-7(2)5-11(13(18)19)16-12(17)9-4-3-8(14)6-10(9)15/h3-4,6,11H,1,5H2,2H3,(H,16,17)(H,18,19)/t11-/m1/s1. The van der Waals surface area contributed by atoms with E-state index in [4.69, 9.17) is 5.11 Å². The van der Waals surface area contributed by atoms with Gasteiger partial charge in [0.15, 0.2) is 0 Å². The van der Waals surface area contributed by atoms with Crippen LogP contribution in [0.5, 0.6) is 0 Å². The molecule has 0 unspecified atom stereocenters. The fourth-order valence-electron chi connectivity index (χ4n) is 1.46. The lowest BCUT2D eigenvalue weighted by Crippen LogP contribution is -2.41. The molecule has 0 bridgehead atoms. The van der Waals surface area contributed by atoms with Crippen molar-refractivity contribution in [2.45, 2.75) is 19.4 Å². The van der Waals surface area contributed by atoms with E-state index in [1.165, 1.54) is 0 Å². The van der Waals surface area contributed by atoms with Gasteiger partial charge in [0.25, 0.3) is 5.91 Å². The minimum Gasteiger partial charge on any atom is -0.480 e. The van der Waals surface area contributed by atoms with Gasteiger partial charge in [-0.3, -0.25) is 4.79 Å². The van der Waals surface area contributed by atoms with Crippen LogP contribution in [-0.2, 0) is 4.79 Å². The molecule has 6 heteroatoms. The molecule has 1 rings (SSSR count). The van der Waals surface area contributed by atoms with Gasteiger partial charge >= 0.3 is 5.97 Å². The summed E-state index contributed by atoms with van der Waals surface area (Å²) in [5.41, 5.74) is 0.154. The second-order valence-electron chi connectivity index (χ2n) is 4.15. The van der Waals surface area contributed by atoms with Crippen molar-refractivity contribution in [3.8, 4) is 0 Å². The first-order valence-electron chi connectivity index (χ1n) is 5.44. The molecule has 0 spiro atoms. The highest BCUT2D eigenvalue weighted by Gasteiger charge is 2.22. The number of hydrogen-bond donors (Lipinski definition) is 2. The maximum atomic E-state index is 13.3. The molecular formula is C13H13F2NO3. The van der Waals surface area contributed by atoms with Crippen LogP contribution < -0.4 is 5.32 Å². The van der Waals surface area contributed by atoms with Crippen LogP contribution in [0.2, 0.25) is 0 Å². The Morgan fingerprint density at radius 3 is 2.53 bits per heavy atom. The number of halogens is 2. The summed E-state index contributed by atoms with van der Waals surface area (Å²) in [5.74, 6) is -4.02. The predicted molar refractivity (Wildman–Crippen MR) is 64.7 cm³/mol. The average molecular weight is 269 g/mol. The van der Waals surface area contributed by atoms with Crippen molar-refractivity contribution in [1.82, 2.24) is 5.32 Å². The van der Waals surface area contributed by atoms with Crippen LogP contribution in [0.15, 0.2) is 30.4 Å². The molecule has 4 nitrogen and oxygen atoms in total. The van der Waals surface area contributed by atoms with Gasteiger partial charge in [-0.05, 0) is 25.5 Å². The van der Waals surface area contributed by atoms with E-state index < -0.39 is 35.1 Å². The summed E-state index contributed by atoms with van der Waals surface area (Å²) in [7, 11) is 0. The third kappa shape index (κ3) is 4.17. The van der Waals surface area contributed by atoms with Crippen LogP contribution in [0.1, 0.15) is 23.7 Å². The van der Waals surface area contributed by atoms with Gasteiger partial charge in [-0.1, -0.05) is 5.57 Å². The summed E-state index contributed by atoms with van der Waals surface area (Å²) in [4.78, 5) is 22.6. The third-order valence-electron chi connectivity index (χ3n) is 2.33. The number of benzene rings is 1. The lowest BCUT2D eigenvalue weighted by Gasteiger charge is -2.14. The number of carbonyl (C=O) groups is 2. The first-order chi connectivity index (χ1) is 8.81. The summed E-state index contributed by atoms with van der Waals surface area (Å²) < 4.78 is 26.0. The number of nitrogens with one attached hydrogen (secondary N) is 1. The Morgan fingerprint density at radius 2 is 2.05 bits per heavy atom. The highest BCUT2D eigenvalue weighted by molar-refractivity contribution is 5.96. The van der Waals surface area contributed by atoms with E-state index in [1.54, 1.807) is 6.92 Å². The molecule has 0 aliphatic heterocycles. The topological polar surface area (TPSA) is 66.4 Å². The highest BCUT2D eigenvalue weighted by atomic mass is 19.1. The van der Waals surface area contributed by atoms with E-state index in [0.717, 1.165) is 12.1 Å². The number of hydrogen-bond acceptors (Lipinski definition) is 2. The maximum absolute atomic E-state index is 13.3. The van der Waals surface area contributed by atoms with E-state index in [1.807, 2.05) is 0 Å².